The molecule has 0 saturated heterocycles. The van der Waals surface area contributed by atoms with E-state index in [4.69, 9.17) is 0 Å². The molecule has 2 rings (SSSR count). The highest BCUT2D eigenvalue weighted by Gasteiger charge is 2.12. The molecule has 0 fully saturated rings. The van der Waals surface area contributed by atoms with Crippen molar-refractivity contribution in [3.05, 3.63) is 35.5 Å². The van der Waals surface area contributed by atoms with Gasteiger partial charge in [-0.1, -0.05) is 18.2 Å². The molecule has 0 atom stereocenters. The summed E-state index contributed by atoms with van der Waals surface area (Å²) in [6.45, 7) is 9.38. The molecule has 0 bridgehead atoms. The molecule has 1 aromatic heterocycles. The van der Waals surface area contributed by atoms with Crippen molar-refractivity contribution >= 4 is 40.8 Å². The van der Waals surface area contributed by atoms with E-state index in [1.165, 1.54) is 22.2 Å². The van der Waals surface area contributed by atoms with E-state index in [2.05, 4.69) is 72.6 Å². The van der Waals surface area contributed by atoms with Crippen molar-refractivity contribution in [2.24, 2.45) is 4.99 Å². The first-order chi connectivity index (χ1) is 9.90. The van der Waals surface area contributed by atoms with Gasteiger partial charge < -0.3 is 15.6 Å². The normalized spacial score (nSPS) is 12.1. The van der Waals surface area contributed by atoms with Gasteiger partial charge in [0.25, 0.3) is 0 Å². The average molecular weight is 414 g/mol. The summed E-state index contributed by atoms with van der Waals surface area (Å²) >= 11 is 0. The summed E-state index contributed by atoms with van der Waals surface area (Å²) in [5, 5.41) is 8.07. The number of hydrogen-bond donors (Lipinski definition) is 3. The van der Waals surface area contributed by atoms with Gasteiger partial charge in [0, 0.05) is 35.7 Å². The number of aromatic nitrogens is 1. The maximum absolute atomic E-state index is 4.26. The van der Waals surface area contributed by atoms with E-state index in [1.54, 1.807) is 7.05 Å². The van der Waals surface area contributed by atoms with Crippen LogP contribution in [-0.2, 0) is 6.42 Å². The highest BCUT2D eigenvalue weighted by atomic mass is 127. The zero-order valence-corrected chi connectivity index (χ0v) is 16.4. The Morgan fingerprint density at radius 2 is 1.91 bits per heavy atom. The lowest BCUT2D eigenvalue weighted by atomic mass is 10.1. The van der Waals surface area contributed by atoms with Crippen LogP contribution < -0.4 is 10.6 Å². The maximum Gasteiger partial charge on any atom is 0.191 e. The Morgan fingerprint density at radius 1 is 1.23 bits per heavy atom. The molecule has 3 N–H and O–H groups in total. The Kier molecular flexibility index (Phi) is 6.71. The van der Waals surface area contributed by atoms with Crippen LogP contribution >= 0.6 is 24.0 Å². The van der Waals surface area contributed by atoms with Crippen molar-refractivity contribution in [1.82, 2.24) is 15.6 Å². The summed E-state index contributed by atoms with van der Waals surface area (Å²) in [5.74, 6) is 0.847. The Morgan fingerprint density at radius 3 is 2.55 bits per heavy atom. The summed E-state index contributed by atoms with van der Waals surface area (Å²) in [6, 6.07) is 8.46. The number of aryl methyl sites for hydroxylation is 1. The van der Waals surface area contributed by atoms with Crippen LogP contribution in [0.1, 0.15) is 32.0 Å². The Hall–Kier alpha value is -1.24. The molecule has 2 aromatic rings. The van der Waals surface area contributed by atoms with Gasteiger partial charge in [-0.25, -0.2) is 0 Å². The fourth-order valence-corrected chi connectivity index (χ4v) is 2.50. The number of fused-ring (bicyclic) bond motifs is 1. The van der Waals surface area contributed by atoms with Crippen LogP contribution in [0.3, 0.4) is 0 Å². The van der Waals surface area contributed by atoms with Gasteiger partial charge >= 0.3 is 0 Å². The highest BCUT2D eigenvalue weighted by molar-refractivity contribution is 14.0. The predicted octanol–water partition coefficient (Wildman–Crippen LogP) is 3.60. The zero-order valence-electron chi connectivity index (χ0n) is 14.1. The molecular formula is C17H27IN4. The Bertz CT molecular complexity index is 638. The molecule has 0 amide bonds. The number of rotatable bonds is 3. The monoisotopic (exact) mass is 414 g/mol. The van der Waals surface area contributed by atoms with E-state index in [0.29, 0.717) is 0 Å². The van der Waals surface area contributed by atoms with Crippen molar-refractivity contribution in [3.8, 4) is 0 Å². The molecule has 0 aliphatic carbocycles. The van der Waals surface area contributed by atoms with Crippen LogP contribution in [-0.4, -0.2) is 30.1 Å². The van der Waals surface area contributed by atoms with E-state index in [1.807, 2.05) is 0 Å². The molecule has 0 aliphatic rings. The first-order valence-corrected chi connectivity index (χ1v) is 7.46. The van der Waals surface area contributed by atoms with Crippen LogP contribution in [0.5, 0.6) is 0 Å². The van der Waals surface area contributed by atoms with Crippen LogP contribution in [0.4, 0.5) is 0 Å². The topological polar surface area (TPSA) is 52.2 Å². The summed E-state index contributed by atoms with van der Waals surface area (Å²) in [6.07, 6.45) is 0.973. The van der Waals surface area contributed by atoms with Gasteiger partial charge in [-0.05, 0) is 45.7 Å². The second-order valence-electron chi connectivity index (χ2n) is 6.40. The van der Waals surface area contributed by atoms with Crippen molar-refractivity contribution < 1.29 is 0 Å². The zero-order chi connectivity index (χ0) is 15.5. The maximum atomic E-state index is 4.26. The number of halogens is 1. The third-order valence-electron chi connectivity index (χ3n) is 3.41. The van der Waals surface area contributed by atoms with E-state index in [9.17, 15) is 0 Å². The van der Waals surface area contributed by atoms with Crippen LogP contribution in [0.25, 0.3) is 10.9 Å². The van der Waals surface area contributed by atoms with Crippen LogP contribution in [0, 0.1) is 6.92 Å². The Labute approximate surface area is 150 Å². The standard InChI is InChI=1S/C17H26N4.HI/c1-12-13(14-8-6-7-9-15(14)20-12)10-11-19-16(18-5)21-17(2,3)4;/h6-9,20H,10-11H2,1-5H3,(H2,18,19,21);1H. The lowest BCUT2D eigenvalue weighted by Crippen LogP contribution is -2.48. The number of benzene rings is 1. The molecule has 4 nitrogen and oxygen atoms in total. The molecule has 1 heterocycles. The average Bonchev–Trinajstić information content (AvgIpc) is 2.72. The first-order valence-electron chi connectivity index (χ1n) is 7.46. The second kappa shape index (κ2) is 7.85. The number of aliphatic imine (C=N–C) groups is 1. The van der Waals surface area contributed by atoms with Gasteiger partial charge in [0.15, 0.2) is 5.96 Å². The third-order valence-corrected chi connectivity index (χ3v) is 3.41. The Balaban J connectivity index is 0.00000242. The van der Waals surface area contributed by atoms with Crippen LogP contribution in [0.2, 0.25) is 0 Å². The SMILES string of the molecule is CN=C(NCCc1c(C)[nH]c2ccccc12)NC(C)(C)C.I. The van der Waals surface area contributed by atoms with Gasteiger partial charge in [0.05, 0.1) is 0 Å². The summed E-state index contributed by atoms with van der Waals surface area (Å²) in [4.78, 5) is 7.71. The second-order valence-corrected chi connectivity index (χ2v) is 6.40. The first kappa shape index (κ1) is 18.8. The molecule has 5 heteroatoms. The van der Waals surface area contributed by atoms with E-state index in [0.717, 1.165) is 18.9 Å². The molecule has 22 heavy (non-hydrogen) atoms. The van der Waals surface area contributed by atoms with Crippen LogP contribution in [0.15, 0.2) is 29.3 Å². The van der Waals surface area contributed by atoms with Gasteiger partial charge in [-0.3, -0.25) is 4.99 Å². The third kappa shape index (κ3) is 4.90. The number of guanidine groups is 1. The number of H-pyrrole nitrogens is 1. The minimum Gasteiger partial charge on any atom is -0.358 e. The molecular weight excluding hydrogens is 387 g/mol. The molecule has 122 valence electrons. The van der Waals surface area contributed by atoms with Crippen molar-refractivity contribution in [1.29, 1.82) is 0 Å². The molecule has 0 radical (unpaired) electrons. The van der Waals surface area contributed by atoms with Gasteiger partial charge in [-0.15, -0.1) is 24.0 Å². The quantitative estimate of drug-likeness (QED) is 0.409. The minimum atomic E-state index is 0. The fraction of sp³-hybridized carbons (Fsp3) is 0.471. The smallest absolute Gasteiger partial charge is 0.191 e. The summed E-state index contributed by atoms with van der Waals surface area (Å²) < 4.78 is 0. The van der Waals surface area contributed by atoms with Gasteiger partial charge in [0.2, 0.25) is 0 Å². The molecule has 0 unspecified atom stereocenters. The molecule has 0 spiro atoms. The van der Waals surface area contributed by atoms with Crippen molar-refractivity contribution in [3.63, 3.8) is 0 Å². The number of aromatic amines is 1. The molecule has 1 aromatic carbocycles. The predicted molar refractivity (Wildman–Crippen MR) is 106 cm³/mol. The number of para-hydroxylation sites is 1. The number of nitrogens with one attached hydrogen (secondary N) is 3. The van der Waals surface area contributed by atoms with Gasteiger partial charge in [-0.2, -0.15) is 0 Å². The number of hydrogen-bond acceptors (Lipinski definition) is 1. The van der Waals surface area contributed by atoms with Crippen molar-refractivity contribution in [2.75, 3.05) is 13.6 Å². The fourth-order valence-electron chi connectivity index (χ4n) is 2.50. The minimum absolute atomic E-state index is 0. The van der Waals surface area contributed by atoms with E-state index < -0.39 is 0 Å². The van der Waals surface area contributed by atoms with Crippen molar-refractivity contribution in [2.45, 2.75) is 39.7 Å². The van der Waals surface area contributed by atoms with E-state index in [-0.39, 0.29) is 29.5 Å². The summed E-state index contributed by atoms with van der Waals surface area (Å²) in [5.41, 5.74) is 3.85. The molecule has 0 aliphatic heterocycles. The lowest BCUT2D eigenvalue weighted by Gasteiger charge is -2.23. The van der Waals surface area contributed by atoms with Gasteiger partial charge in [0.1, 0.15) is 0 Å². The summed E-state index contributed by atoms with van der Waals surface area (Å²) in [7, 11) is 1.80. The lowest BCUT2D eigenvalue weighted by molar-refractivity contribution is 0.501. The van der Waals surface area contributed by atoms with E-state index >= 15 is 0 Å². The number of nitrogens with zero attached hydrogens (tertiary/aromatic N) is 1. The largest absolute Gasteiger partial charge is 0.358 e. The highest BCUT2D eigenvalue weighted by Crippen LogP contribution is 2.21. The molecule has 0 saturated carbocycles.